The van der Waals surface area contributed by atoms with Crippen LogP contribution in [0.1, 0.15) is 39.0 Å². The van der Waals surface area contributed by atoms with E-state index < -0.39 is 0 Å². The van der Waals surface area contributed by atoms with Crippen LogP contribution in [-0.2, 0) is 0 Å². The highest BCUT2D eigenvalue weighted by Gasteiger charge is 2.22. The highest BCUT2D eigenvalue weighted by Crippen LogP contribution is 2.18. The van der Waals surface area contributed by atoms with E-state index in [1.165, 1.54) is 6.42 Å². The third-order valence-corrected chi connectivity index (χ3v) is 3.08. The number of nitrogens with one attached hydrogen (secondary N) is 1. The maximum atomic E-state index is 9.70. The molecular formula is C11H23NO2. The first-order chi connectivity index (χ1) is 6.74. The first-order valence-corrected chi connectivity index (χ1v) is 5.76. The maximum Gasteiger partial charge on any atom is 0.0693 e. The minimum absolute atomic E-state index is 0.162. The van der Waals surface area contributed by atoms with E-state index in [1.807, 2.05) is 0 Å². The second-order valence-corrected chi connectivity index (χ2v) is 4.48. The molecule has 3 nitrogen and oxygen atoms in total. The van der Waals surface area contributed by atoms with Crippen LogP contribution in [0.5, 0.6) is 0 Å². The van der Waals surface area contributed by atoms with E-state index in [0.29, 0.717) is 5.92 Å². The highest BCUT2D eigenvalue weighted by molar-refractivity contribution is 4.80. The second-order valence-electron chi connectivity index (χ2n) is 4.48. The fourth-order valence-corrected chi connectivity index (χ4v) is 2.02. The molecule has 1 saturated carbocycles. The van der Waals surface area contributed by atoms with Crippen LogP contribution < -0.4 is 5.32 Å². The molecule has 0 saturated heterocycles. The number of rotatable bonds is 5. The van der Waals surface area contributed by atoms with Gasteiger partial charge >= 0.3 is 0 Å². The van der Waals surface area contributed by atoms with Gasteiger partial charge in [0.2, 0.25) is 0 Å². The van der Waals surface area contributed by atoms with Crippen LogP contribution in [0.3, 0.4) is 0 Å². The van der Waals surface area contributed by atoms with Crippen molar-refractivity contribution in [3.63, 3.8) is 0 Å². The molecule has 0 aliphatic heterocycles. The molecule has 0 aromatic heterocycles. The normalized spacial score (nSPS) is 30.2. The van der Waals surface area contributed by atoms with Gasteiger partial charge in [0.15, 0.2) is 0 Å². The molecule has 3 N–H and O–H groups in total. The fraction of sp³-hybridized carbons (Fsp3) is 1.00. The lowest BCUT2D eigenvalue weighted by Crippen LogP contribution is -2.43. The monoisotopic (exact) mass is 201 g/mol. The van der Waals surface area contributed by atoms with Crippen molar-refractivity contribution in [3.05, 3.63) is 0 Å². The summed E-state index contributed by atoms with van der Waals surface area (Å²) < 4.78 is 0. The lowest BCUT2D eigenvalue weighted by atomic mass is 9.92. The van der Waals surface area contributed by atoms with Gasteiger partial charge in [-0.1, -0.05) is 19.8 Å². The van der Waals surface area contributed by atoms with Crippen LogP contribution in [0, 0.1) is 5.92 Å². The molecule has 14 heavy (non-hydrogen) atoms. The standard InChI is InChI=1S/C11H23NO2/c1-9(6-7-13)8-12-10-4-2-3-5-11(10)14/h9-14H,2-8H2,1H3/t9?,10-,11-/m1/s1. The summed E-state index contributed by atoms with van der Waals surface area (Å²) in [5, 5.41) is 21.8. The van der Waals surface area contributed by atoms with Crippen LogP contribution in [0.2, 0.25) is 0 Å². The molecule has 1 unspecified atom stereocenters. The minimum atomic E-state index is -0.162. The summed E-state index contributed by atoms with van der Waals surface area (Å²) in [5.74, 6) is 0.495. The molecule has 0 heterocycles. The van der Waals surface area contributed by atoms with Gasteiger partial charge in [0, 0.05) is 12.6 Å². The van der Waals surface area contributed by atoms with Crippen molar-refractivity contribution < 1.29 is 10.2 Å². The van der Waals surface area contributed by atoms with Crippen molar-refractivity contribution in [2.24, 2.45) is 5.92 Å². The van der Waals surface area contributed by atoms with Crippen molar-refractivity contribution in [3.8, 4) is 0 Å². The Morgan fingerprint density at radius 1 is 1.36 bits per heavy atom. The Balaban J connectivity index is 2.15. The van der Waals surface area contributed by atoms with Gasteiger partial charge in [0.25, 0.3) is 0 Å². The summed E-state index contributed by atoms with van der Waals surface area (Å²) in [6, 6.07) is 0.282. The fourth-order valence-electron chi connectivity index (χ4n) is 2.02. The number of aliphatic hydroxyl groups excluding tert-OH is 2. The van der Waals surface area contributed by atoms with Crippen molar-refractivity contribution in [1.82, 2.24) is 5.32 Å². The average molecular weight is 201 g/mol. The molecule has 3 heteroatoms. The Labute approximate surface area is 86.5 Å². The lowest BCUT2D eigenvalue weighted by Gasteiger charge is -2.29. The summed E-state index contributed by atoms with van der Waals surface area (Å²) in [6.45, 7) is 3.29. The second kappa shape index (κ2) is 6.38. The number of hydrogen-bond acceptors (Lipinski definition) is 3. The van der Waals surface area contributed by atoms with Gasteiger partial charge in [0.05, 0.1) is 6.10 Å². The van der Waals surface area contributed by atoms with Crippen LogP contribution in [0.15, 0.2) is 0 Å². The number of hydrogen-bond donors (Lipinski definition) is 3. The van der Waals surface area contributed by atoms with Crippen molar-refractivity contribution >= 4 is 0 Å². The van der Waals surface area contributed by atoms with Gasteiger partial charge in [-0.3, -0.25) is 0 Å². The first-order valence-electron chi connectivity index (χ1n) is 5.76. The largest absolute Gasteiger partial charge is 0.396 e. The van der Waals surface area contributed by atoms with Crippen LogP contribution in [0.25, 0.3) is 0 Å². The molecule has 0 aromatic rings. The minimum Gasteiger partial charge on any atom is -0.396 e. The van der Waals surface area contributed by atoms with E-state index in [0.717, 1.165) is 32.2 Å². The van der Waals surface area contributed by atoms with Gasteiger partial charge in [-0.25, -0.2) is 0 Å². The van der Waals surface area contributed by atoms with Gasteiger partial charge in [-0.15, -0.1) is 0 Å². The zero-order valence-corrected chi connectivity index (χ0v) is 9.08. The third kappa shape index (κ3) is 3.95. The molecular weight excluding hydrogens is 178 g/mol. The van der Waals surface area contributed by atoms with E-state index >= 15 is 0 Å². The molecule has 1 fully saturated rings. The summed E-state index contributed by atoms with van der Waals surface area (Å²) in [6.07, 6.45) is 5.09. The van der Waals surface area contributed by atoms with E-state index in [9.17, 15) is 5.11 Å². The topological polar surface area (TPSA) is 52.5 Å². The Morgan fingerprint density at radius 3 is 2.71 bits per heavy atom. The van der Waals surface area contributed by atoms with Crippen LogP contribution in [-0.4, -0.2) is 35.5 Å². The molecule has 0 bridgehead atoms. The lowest BCUT2D eigenvalue weighted by molar-refractivity contribution is 0.0885. The summed E-state index contributed by atoms with van der Waals surface area (Å²) >= 11 is 0. The molecule has 1 rings (SSSR count). The van der Waals surface area contributed by atoms with Gasteiger partial charge in [0.1, 0.15) is 0 Å². The first kappa shape index (κ1) is 12.0. The van der Waals surface area contributed by atoms with Crippen LogP contribution >= 0.6 is 0 Å². The molecule has 0 aromatic carbocycles. The van der Waals surface area contributed by atoms with Gasteiger partial charge in [-0.05, 0) is 31.7 Å². The maximum absolute atomic E-state index is 9.70. The zero-order valence-electron chi connectivity index (χ0n) is 9.08. The molecule has 84 valence electrons. The van der Waals surface area contributed by atoms with Crippen molar-refractivity contribution in [2.45, 2.75) is 51.2 Å². The average Bonchev–Trinajstić information content (AvgIpc) is 2.17. The highest BCUT2D eigenvalue weighted by atomic mass is 16.3. The van der Waals surface area contributed by atoms with E-state index in [4.69, 9.17) is 5.11 Å². The summed E-state index contributed by atoms with van der Waals surface area (Å²) in [5.41, 5.74) is 0. The summed E-state index contributed by atoms with van der Waals surface area (Å²) in [4.78, 5) is 0. The quantitative estimate of drug-likeness (QED) is 0.619. The van der Waals surface area contributed by atoms with Crippen molar-refractivity contribution in [2.75, 3.05) is 13.2 Å². The zero-order chi connectivity index (χ0) is 10.4. The van der Waals surface area contributed by atoms with E-state index in [1.54, 1.807) is 0 Å². The van der Waals surface area contributed by atoms with E-state index in [-0.39, 0.29) is 18.8 Å². The number of aliphatic hydroxyl groups is 2. The van der Waals surface area contributed by atoms with Crippen molar-refractivity contribution in [1.29, 1.82) is 0 Å². The van der Waals surface area contributed by atoms with E-state index in [2.05, 4.69) is 12.2 Å². The Morgan fingerprint density at radius 2 is 2.07 bits per heavy atom. The predicted molar refractivity (Wildman–Crippen MR) is 57.1 cm³/mol. The molecule has 0 radical (unpaired) electrons. The van der Waals surface area contributed by atoms with Crippen LogP contribution in [0.4, 0.5) is 0 Å². The molecule has 1 aliphatic rings. The van der Waals surface area contributed by atoms with Gasteiger partial charge < -0.3 is 15.5 Å². The SMILES string of the molecule is CC(CCO)CN[C@@H]1CCCC[C@H]1O. The summed E-state index contributed by atoms with van der Waals surface area (Å²) in [7, 11) is 0. The Kier molecular flexibility index (Phi) is 5.45. The molecule has 1 aliphatic carbocycles. The Hall–Kier alpha value is -0.120. The smallest absolute Gasteiger partial charge is 0.0693 e. The predicted octanol–water partition coefficient (Wildman–Crippen LogP) is 0.898. The molecule has 0 amide bonds. The molecule has 3 atom stereocenters. The van der Waals surface area contributed by atoms with Gasteiger partial charge in [-0.2, -0.15) is 0 Å². The Bertz CT molecular complexity index is 152. The molecule has 0 spiro atoms. The third-order valence-electron chi connectivity index (χ3n) is 3.08.